The van der Waals surface area contributed by atoms with Crippen molar-refractivity contribution in [3.63, 3.8) is 0 Å². The minimum atomic E-state index is -4.53. The van der Waals surface area contributed by atoms with E-state index in [9.17, 15) is 17.7 Å². The molecule has 104 valence electrons. The Morgan fingerprint density at radius 3 is 2.28 bits per heavy atom. The molecule has 0 saturated heterocycles. The van der Waals surface area contributed by atoms with E-state index in [-0.39, 0.29) is 25.1 Å². The Bertz CT molecular complexity index is 423. The minimum Gasteiger partial charge on any atom is -0.309 e. The van der Waals surface area contributed by atoms with Gasteiger partial charge in [-0.05, 0) is 19.9 Å². The van der Waals surface area contributed by atoms with Crippen LogP contribution in [0, 0.1) is 0 Å². The average Bonchev–Trinajstić information content (AvgIpc) is 2.65. The summed E-state index contributed by atoms with van der Waals surface area (Å²) in [6.07, 6.45) is -4.80. The highest BCUT2D eigenvalue weighted by Crippen LogP contribution is 2.51. The van der Waals surface area contributed by atoms with Crippen LogP contribution in [0.5, 0.6) is 0 Å². The number of hydrogen-bond acceptors (Lipinski definition) is 4. The number of hydrogen-bond donors (Lipinski definition) is 1. The van der Waals surface area contributed by atoms with Gasteiger partial charge in [-0.15, -0.1) is 0 Å². The molecule has 0 radical (unpaired) electrons. The second-order valence-electron chi connectivity index (χ2n) is 3.38. The van der Waals surface area contributed by atoms with Gasteiger partial charge in [0.2, 0.25) is 0 Å². The maximum Gasteiger partial charge on any atom is 0.435 e. The fourth-order valence-electron chi connectivity index (χ4n) is 1.32. The second-order valence-corrected chi connectivity index (χ2v) is 5.44. The third-order valence-electron chi connectivity index (χ3n) is 1.94. The topological polar surface area (TPSA) is 64.2 Å². The molecule has 1 rings (SSSR count). The largest absolute Gasteiger partial charge is 0.435 e. The molecule has 1 heterocycles. The van der Waals surface area contributed by atoms with Crippen molar-refractivity contribution in [2.75, 3.05) is 13.2 Å². The van der Waals surface area contributed by atoms with E-state index in [1.807, 2.05) is 0 Å². The molecule has 0 aliphatic rings. The summed E-state index contributed by atoms with van der Waals surface area (Å²) in [5, 5.41) is 5.29. The number of aromatic nitrogens is 2. The van der Waals surface area contributed by atoms with Gasteiger partial charge in [0.1, 0.15) is 0 Å². The number of rotatable bonds is 6. The van der Waals surface area contributed by atoms with Crippen LogP contribution < -0.4 is 0 Å². The van der Waals surface area contributed by atoms with Crippen LogP contribution in [0.3, 0.4) is 0 Å². The van der Waals surface area contributed by atoms with E-state index in [1.54, 1.807) is 13.8 Å². The molecule has 0 saturated carbocycles. The molecule has 0 aromatic carbocycles. The molecule has 0 atom stereocenters. The van der Waals surface area contributed by atoms with Gasteiger partial charge < -0.3 is 9.05 Å². The third kappa shape index (κ3) is 4.12. The summed E-state index contributed by atoms with van der Waals surface area (Å²) >= 11 is 0. The highest BCUT2D eigenvalue weighted by atomic mass is 31.2. The molecule has 9 heteroatoms. The summed E-state index contributed by atoms with van der Waals surface area (Å²) in [4.78, 5) is 0. The van der Waals surface area contributed by atoms with Crippen LogP contribution in [-0.2, 0) is 26.0 Å². The fraction of sp³-hybridized carbons (Fsp3) is 0.667. The first kappa shape index (κ1) is 15.2. The average molecular weight is 286 g/mol. The molecule has 0 unspecified atom stereocenters. The number of alkyl halides is 3. The van der Waals surface area contributed by atoms with Crippen LogP contribution in [0.4, 0.5) is 13.2 Å². The summed E-state index contributed by atoms with van der Waals surface area (Å²) in [5.41, 5.74) is -0.996. The Labute approximate surface area is 102 Å². The van der Waals surface area contributed by atoms with Crippen molar-refractivity contribution in [3.8, 4) is 0 Å². The molecule has 18 heavy (non-hydrogen) atoms. The van der Waals surface area contributed by atoms with Crippen LogP contribution in [0.2, 0.25) is 0 Å². The summed E-state index contributed by atoms with van der Waals surface area (Å²) in [6, 6.07) is 0.796. The van der Waals surface area contributed by atoms with E-state index in [0.717, 1.165) is 6.07 Å². The molecule has 1 N–H and O–H groups in total. The molecule has 0 aliphatic heterocycles. The van der Waals surface area contributed by atoms with E-state index in [4.69, 9.17) is 9.05 Å². The Morgan fingerprint density at radius 2 is 1.89 bits per heavy atom. The molecule has 0 amide bonds. The number of H-pyrrole nitrogens is 1. The van der Waals surface area contributed by atoms with Gasteiger partial charge in [0.15, 0.2) is 5.69 Å². The predicted molar refractivity (Wildman–Crippen MR) is 58.2 cm³/mol. The van der Waals surface area contributed by atoms with Gasteiger partial charge in [0.25, 0.3) is 0 Å². The minimum absolute atomic E-state index is 0.0626. The standard InChI is InChI=1S/C9H14F3N2O3P/c1-3-16-18(15,17-4-2)6-7-5-8(14-13-7)9(10,11)12/h5H,3-4,6H2,1-2H3,(H,13,14). The van der Waals surface area contributed by atoms with E-state index < -0.39 is 19.5 Å². The number of nitrogens with zero attached hydrogens (tertiary/aromatic N) is 1. The smallest absolute Gasteiger partial charge is 0.309 e. The lowest BCUT2D eigenvalue weighted by molar-refractivity contribution is -0.141. The van der Waals surface area contributed by atoms with Crippen molar-refractivity contribution in [3.05, 3.63) is 17.5 Å². The fourth-order valence-corrected chi connectivity index (χ4v) is 2.94. The molecule has 0 spiro atoms. The predicted octanol–water partition coefficient (Wildman–Crippen LogP) is 3.19. The van der Waals surface area contributed by atoms with Crippen molar-refractivity contribution >= 4 is 7.60 Å². The van der Waals surface area contributed by atoms with Crippen molar-refractivity contribution in [1.29, 1.82) is 0 Å². The Balaban J connectivity index is 2.82. The van der Waals surface area contributed by atoms with E-state index in [2.05, 4.69) is 10.2 Å². The van der Waals surface area contributed by atoms with E-state index in [1.165, 1.54) is 0 Å². The Morgan fingerprint density at radius 1 is 1.33 bits per heavy atom. The first-order valence-electron chi connectivity index (χ1n) is 5.30. The quantitative estimate of drug-likeness (QED) is 0.816. The lowest BCUT2D eigenvalue weighted by atomic mass is 10.4. The van der Waals surface area contributed by atoms with Gasteiger partial charge in [0.05, 0.1) is 19.4 Å². The number of nitrogens with one attached hydrogen (secondary N) is 1. The van der Waals surface area contributed by atoms with Crippen molar-refractivity contribution in [2.45, 2.75) is 26.2 Å². The normalized spacial score (nSPS) is 12.9. The molecule has 0 aliphatic carbocycles. The van der Waals surface area contributed by atoms with Gasteiger partial charge in [-0.2, -0.15) is 18.3 Å². The van der Waals surface area contributed by atoms with Crippen molar-refractivity contribution < 1.29 is 26.8 Å². The molecule has 0 bridgehead atoms. The zero-order valence-electron chi connectivity index (χ0n) is 9.95. The second kappa shape index (κ2) is 5.86. The van der Waals surface area contributed by atoms with Crippen LogP contribution in [0.25, 0.3) is 0 Å². The molecule has 1 aromatic heterocycles. The maximum absolute atomic E-state index is 12.3. The summed E-state index contributed by atoms with van der Waals surface area (Å²) < 4.78 is 59.0. The highest BCUT2D eigenvalue weighted by molar-refractivity contribution is 7.53. The van der Waals surface area contributed by atoms with Crippen LogP contribution >= 0.6 is 7.60 Å². The maximum atomic E-state index is 12.3. The van der Waals surface area contributed by atoms with Crippen molar-refractivity contribution in [2.24, 2.45) is 0 Å². The van der Waals surface area contributed by atoms with Gasteiger partial charge in [-0.1, -0.05) is 0 Å². The summed E-state index contributed by atoms with van der Waals surface area (Å²) in [5.74, 6) is 0. The highest BCUT2D eigenvalue weighted by Gasteiger charge is 2.35. The molecule has 5 nitrogen and oxygen atoms in total. The zero-order chi connectivity index (χ0) is 13.8. The third-order valence-corrected chi connectivity index (χ3v) is 3.97. The number of halogens is 3. The lowest BCUT2D eigenvalue weighted by Crippen LogP contribution is -2.04. The zero-order valence-corrected chi connectivity index (χ0v) is 10.8. The van der Waals surface area contributed by atoms with Crippen LogP contribution in [-0.4, -0.2) is 23.4 Å². The Hall–Kier alpha value is -0.850. The number of aromatic amines is 1. The van der Waals surface area contributed by atoms with Crippen LogP contribution in [0.15, 0.2) is 6.07 Å². The monoisotopic (exact) mass is 286 g/mol. The first-order valence-corrected chi connectivity index (χ1v) is 7.03. The SMILES string of the molecule is CCOP(=O)(Cc1cc(C(F)(F)F)n[nH]1)OCC. The summed E-state index contributed by atoms with van der Waals surface area (Å²) in [7, 11) is -3.42. The molecule has 0 fully saturated rings. The van der Waals surface area contributed by atoms with Gasteiger partial charge >= 0.3 is 13.8 Å². The van der Waals surface area contributed by atoms with Crippen LogP contribution in [0.1, 0.15) is 25.2 Å². The first-order chi connectivity index (χ1) is 8.30. The van der Waals surface area contributed by atoms with E-state index >= 15 is 0 Å². The van der Waals surface area contributed by atoms with Gasteiger partial charge in [0, 0.05) is 5.69 Å². The van der Waals surface area contributed by atoms with Gasteiger partial charge in [-0.3, -0.25) is 9.66 Å². The molecular formula is C9H14F3N2O3P. The molecule has 1 aromatic rings. The van der Waals surface area contributed by atoms with E-state index in [0.29, 0.717) is 0 Å². The van der Waals surface area contributed by atoms with Gasteiger partial charge in [-0.25, -0.2) is 0 Å². The lowest BCUT2D eigenvalue weighted by Gasteiger charge is -2.15. The molecular weight excluding hydrogens is 272 g/mol. The summed E-state index contributed by atoms with van der Waals surface area (Å²) in [6.45, 7) is 3.55. The Kier molecular flexibility index (Phi) is 4.95. The van der Waals surface area contributed by atoms with Crippen molar-refractivity contribution in [1.82, 2.24) is 10.2 Å².